The lowest BCUT2D eigenvalue weighted by molar-refractivity contribution is -0.141. The largest absolute Gasteiger partial charge is 0.435 e. The second-order valence-electron chi connectivity index (χ2n) is 4.95. The van der Waals surface area contributed by atoms with Gasteiger partial charge in [0, 0.05) is 12.6 Å². The molecule has 19 heavy (non-hydrogen) atoms. The number of piperidine rings is 1. The Morgan fingerprint density at radius 1 is 1.32 bits per heavy atom. The summed E-state index contributed by atoms with van der Waals surface area (Å²) in [6.45, 7) is 3.33. The summed E-state index contributed by atoms with van der Waals surface area (Å²) in [6.07, 6.45) is -2.44. The van der Waals surface area contributed by atoms with Crippen molar-refractivity contribution in [1.82, 2.24) is 10.2 Å². The molecule has 1 aliphatic rings. The molecule has 0 saturated carbocycles. The summed E-state index contributed by atoms with van der Waals surface area (Å²) in [5.41, 5.74) is 4.70. The monoisotopic (exact) mass is 274 g/mol. The fourth-order valence-corrected chi connectivity index (χ4v) is 2.32. The number of nitrogens with two attached hydrogens (primary N) is 1. The van der Waals surface area contributed by atoms with Gasteiger partial charge in [0.2, 0.25) is 0 Å². The van der Waals surface area contributed by atoms with Crippen LogP contribution in [0.1, 0.15) is 25.5 Å². The normalized spacial score (nSPS) is 24.6. The van der Waals surface area contributed by atoms with E-state index in [1.807, 2.05) is 11.8 Å². The highest BCUT2D eigenvalue weighted by molar-refractivity contribution is 5.39. The van der Waals surface area contributed by atoms with Gasteiger partial charge in [0.25, 0.3) is 0 Å². The average Bonchev–Trinajstić information content (AvgIpc) is 2.38. The van der Waals surface area contributed by atoms with E-state index in [-0.39, 0.29) is 6.04 Å². The van der Waals surface area contributed by atoms with Gasteiger partial charge in [0.1, 0.15) is 0 Å². The lowest BCUT2D eigenvalue weighted by atomic mass is 9.93. The van der Waals surface area contributed by atoms with E-state index in [2.05, 4.69) is 10.2 Å². The Kier molecular flexibility index (Phi) is 3.93. The summed E-state index contributed by atoms with van der Waals surface area (Å²) in [5, 5.41) is 6.97. The minimum absolute atomic E-state index is 0.244. The summed E-state index contributed by atoms with van der Waals surface area (Å²) in [6, 6.07) is 2.60. The lowest BCUT2D eigenvalue weighted by Crippen LogP contribution is -2.44. The first kappa shape index (κ1) is 14.0. The van der Waals surface area contributed by atoms with Crippen LogP contribution in [0.15, 0.2) is 12.1 Å². The van der Waals surface area contributed by atoms with Crippen LogP contribution in [0, 0.1) is 5.92 Å². The number of aromatic nitrogens is 2. The molecule has 0 spiro atoms. The molecule has 0 amide bonds. The van der Waals surface area contributed by atoms with E-state index in [9.17, 15) is 13.2 Å². The first-order valence-electron chi connectivity index (χ1n) is 6.29. The van der Waals surface area contributed by atoms with Crippen LogP contribution < -0.4 is 10.6 Å². The summed E-state index contributed by atoms with van der Waals surface area (Å²) in [4.78, 5) is 1.98. The second-order valence-corrected chi connectivity index (χ2v) is 4.95. The molecule has 2 rings (SSSR count). The van der Waals surface area contributed by atoms with E-state index in [4.69, 9.17) is 5.73 Å². The van der Waals surface area contributed by atoms with Crippen molar-refractivity contribution in [2.45, 2.75) is 32.0 Å². The maximum Gasteiger partial charge on any atom is 0.435 e. The van der Waals surface area contributed by atoms with Gasteiger partial charge in [-0.05, 0) is 44.4 Å². The first-order valence-corrected chi connectivity index (χ1v) is 6.29. The van der Waals surface area contributed by atoms with Crippen LogP contribution in [-0.4, -0.2) is 29.3 Å². The van der Waals surface area contributed by atoms with Crippen molar-refractivity contribution in [2.24, 2.45) is 11.7 Å². The maximum atomic E-state index is 12.4. The van der Waals surface area contributed by atoms with E-state index in [0.717, 1.165) is 25.5 Å². The van der Waals surface area contributed by atoms with Crippen molar-refractivity contribution in [2.75, 3.05) is 18.0 Å². The molecule has 1 aliphatic heterocycles. The van der Waals surface area contributed by atoms with Crippen LogP contribution in [0.3, 0.4) is 0 Å². The molecule has 4 nitrogen and oxygen atoms in total. The van der Waals surface area contributed by atoms with Gasteiger partial charge in [-0.2, -0.15) is 13.2 Å². The third kappa shape index (κ3) is 3.15. The molecule has 0 radical (unpaired) electrons. The molecular formula is C12H17F3N4. The van der Waals surface area contributed by atoms with Crippen LogP contribution >= 0.6 is 0 Å². The van der Waals surface area contributed by atoms with Crippen molar-refractivity contribution in [3.63, 3.8) is 0 Å². The maximum absolute atomic E-state index is 12.4. The van der Waals surface area contributed by atoms with Crippen molar-refractivity contribution >= 4 is 5.82 Å². The highest BCUT2D eigenvalue weighted by atomic mass is 19.4. The number of alkyl halides is 3. The number of hydrogen-bond acceptors (Lipinski definition) is 4. The molecule has 1 saturated heterocycles. The Morgan fingerprint density at radius 2 is 2.05 bits per heavy atom. The predicted molar refractivity (Wildman–Crippen MR) is 65.6 cm³/mol. The van der Waals surface area contributed by atoms with Crippen LogP contribution in [0.2, 0.25) is 0 Å². The minimum Gasteiger partial charge on any atom is -0.352 e. The topological polar surface area (TPSA) is 55.0 Å². The average molecular weight is 274 g/mol. The Bertz CT molecular complexity index is 418. The number of halogens is 3. The van der Waals surface area contributed by atoms with Gasteiger partial charge < -0.3 is 10.6 Å². The van der Waals surface area contributed by atoms with Gasteiger partial charge in [0.15, 0.2) is 11.5 Å². The van der Waals surface area contributed by atoms with Gasteiger partial charge in [0.05, 0.1) is 0 Å². The number of anilines is 1. The summed E-state index contributed by atoms with van der Waals surface area (Å²) >= 11 is 0. The molecule has 0 aromatic carbocycles. The number of nitrogens with zero attached hydrogens (tertiary/aromatic N) is 3. The lowest BCUT2D eigenvalue weighted by Gasteiger charge is -2.38. The highest BCUT2D eigenvalue weighted by Gasteiger charge is 2.33. The standard InChI is InChI=1S/C12H17F3N4/c1-8-2-3-9(6-16)7-19(8)11-5-4-10(17-18-11)12(13,14)15/h4-5,8-9H,2-3,6-7,16H2,1H3. The van der Waals surface area contributed by atoms with E-state index in [0.29, 0.717) is 18.3 Å². The molecule has 2 unspecified atom stereocenters. The van der Waals surface area contributed by atoms with E-state index >= 15 is 0 Å². The smallest absolute Gasteiger partial charge is 0.352 e. The van der Waals surface area contributed by atoms with Crippen LogP contribution in [0.4, 0.5) is 19.0 Å². The van der Waals surface area contributed by atoms with Crippen LogP contribution in [0.25, 0.3) is 0 Å². The molecule has 1 aromatic rings. The van der Waals surface area contributed by atoms with Gasteiger partial charge >= 0.3 is 6.18 Å². The Balaban J connectivity index is 2.16. The molecule has 1 aromatic heterocycles. The Hall–Kier alpha value is -1.37. The van der Waals surface area contributed by atoms with E-state index in [1.165, 1.54) is 6.07 Å². The predicted octanol–water partition coefficient (Wildman–Crippen LogP) is 2.06. The van der Waals surface area contributed by atoms with Gasteiger partial charge in [-0.1, -0.05) is 0 Å². The van der Waals surface area contributed by atoms with Gasteiger partial charge in [-0.15, -0.1) is 10.2 Å². The molecule has 2 heterocycles. The Labute approximate surface area is 109 Å². The van der Waals surface area contributed by atoms with Crippen LogP contribution in [0.5, 0.6) is 0 Å². The quantitative estimate of drug-likeness (QED) is 0.897. The fourth-order valence-electron chi connectivity index (χ4n) is 2.32. The number of hydrogen-bond donors (Lipinski definition) is 1. The molecule has 7 heteroatoms. The van der Waals surface area contributed by atoms with E-state index in [1.54, 1.807) is 0 Å². The first-order chi connectivity index (χ1) is 8.91. The summed E-state index contributed by atoms with van der Waals surface area (Å²) < 4.78 is 37.3. The zero-order valence-electron chi connectivity index (χ0n) is 10.7. The fraction of sp³-hybridized carbons (Fsp3) is 0.667. The van der Waals surface area contributed by atoms with Crippen molar-refractivity contribution in [3.05, 3.63) is 17.8 Å². The number of rotatable bonds is 2. The molecule has 0 aliphatic carbocycles. The molecule has 106 valence electrons. The van der Waals surface area contributed by atoms with Gasteiger partial charge in [-0.25, -0.2) is 0 Å². The Morgan fingerprint density at radius 3 is 2.58 bits per heavy atom. The van der Waals surface area contributed by atoms with Gasteiger partial charge in [-0.3, -0.25) is 0 Å². The SMILES string of the molecule is CC1CCC(CN)CN1c1ccc(C(F)(F)F)nn1. The molecule has 0 bridgehead atoms. The molecule has 1 fully saturated rings. The van der Waals surface area contributed by atoms with Crippen molar-refractivity contribution in [3.8, 4) is 0 Å². The zero-order valence-corrected chi connectivity index (χ0v) is 10.7. The highest BCUT2D eigenvalue weighted by Crippen LogP contribution is 2.29. The third-order valence-electron chi connectivity index (χ3n) is 3.55. The van der Waals surface area contributed by atoms with E-state index < -0.39 is 11.9 Å². The summed E-state index contributed by atoms with van der Waals surface area (Å²) in [7, 11) is 0. The molecular weight excluding hydrogens is 257 g/mol. The minimum atomic E-state index is -4.45. The van der Waals surface area contributed by atoms with Crippen molar-refractivity contribution in [1.29, 1.82) is 0 Å². The second kappa shape index (κ2) is 5.32. The molecule has 2 atom stereocenters. The van der Waals surface area contributed by atoms with Crippen molar-refractivity contribution < 1.29 is 13.2 Å². The van der Waals surface area contributed by atoms with Crippen LogP contribution in [-0.2, 0) is 6.18 Å². The zero-order chi connectivity index (χ0) is 14.0. The third-order valence-corrected chi connectivity index (χ3v) is 3.55. The molecule has 2 N–H and O–H groups in total. The summed E-state index contributed by atoms with van der Waals surface area (Å²) in [5.74, 6) is 0.846.